The molecule has 4 rings (SSSR count). The molecule has 2 amide bonds. The quantitative estimate of drug-likeness (QED) is 0.567. The molecule has 34 heavy (non-hydrogen) atoms. The van der Waals surface area contributed by atoms with E-state index in [1.165, 1.54) is 7.11 Å². The predicted octanol–water partition coefficient (Wildman–Crippen LogP) is 2.66. The molecule has 2 aromatic heterocycles. The third-order valence-corrected chi connectivity index (χ3v) is 5.48. The van der Waals surface area contributed by atoms with Gasteiger partial charge in [0.2, 0.25) is 0 Å². The highest BCUT2D eigenvalue weighted by Gasteiger charge is 2.22. The number of nitrogens with zero attached hydrogens (tertiary/aromatic N) is 4. The van der Waals surface area contributed by atoms with Crippen LogP contribution in [-0.4, -0.2) is 72.3 Å². The second-order valence-corrected chi connectivity index (χ2v) is 8.10. The Morgan fingerprint density at radius 3 is 2.47 bits per heavy atom. The maximum absolute atomic E-state index is 12.8. The summed E-state index contributed by atoms with van der Waals surface area (Å²) in [6.45, 7) is 6.43. The third kappa shape index (κ3) is 5.17. The van der Waals surface area contributed by atoms with Crippen LogP contribution in [0.1, 0.15) is 13.8 Å². The molecule has 1 saturated heterocycles. The second kappa shape index (κ2) is 10.6. The average molecular weight is 489 g/mol. The van der Waals surface area contributed by atoms with E-state index in [1.54, 1.807) is 25.3 Å². The van der Waals surface area contributed by atoms with Crippen molar-refractivity contribution in [2.75, 3.05) is 45.3 Å². The Kier molecular flexibility index (Phi) is 7.83. The fourth-order valence-electron chi connectivity index (χ4n) is 3.82. The fourth-order valence-corrected chi connectivity index (χ4v) is 3.82. The highest BCUT2D eigenvalue weighted by atomic mass is 35.5. The number of aromatic nitrogens is 3. The zero-order valence-electron chi connectivity index (χ0n) is 19.6. The van der Waals surface area contributed by atoms with Gasteiger partial charge < -0.3 is 29.6 Å². The molecule has 1 aromatic carbocycles. The molecule has 1 aliphatic heterocycles. The molecular weight excluding hydrogens is 460 g/mol. The molecule has 182 valence electrons. The summed E-state index contributed by atoms with van der Waals surface area (Å²) in [5.74, 6) is 2.07. The summed E-state index contributed by atoms with van der Waals surface area (Å²) in [5.41, 5.74) is 0.696. The van der Waals surface area contributed by atoms with Crippen molar-refractivity contribution in [1.29, 1.82) is 0 Å². The Bertz CT molecular complexity index is 1220. The Hall–Kier alpha value is -3.53. The van der Waals surface area contributed by atoms with Crippen LogP contribution in [0, 0.1) is 0 Å². The normalized spacial score (nSPS) is 13.6. The van der Waals surface area contributed by atoms with Crippen LogP contribution in [0.3, 0.4) is 0 Å². The predicted molar refractivity (Wildman–Crippen MR) is 133 cm³/mol. The van der Waals surface area contributed by atoms with E-state index in [-0.39, 0.29) is 30.0 Å². The van der Waals surface area contributed by atoms with Crippen molar-refractivity contribution >= 4 is 35.2 Å². The van der Waals surface area contributed by atoms with Crippen LogP contribution in [0.5, 0.6) is 11.5 Å². The SMILES string of the molecule is COc1cc(OC)c2c(=O)[nH]c(-c3cccc(N4CCN(C(=O)NC(C)C)CC4)n3)nc2c1.Cl. The number of pyridine rings is 1. The third-order valence-electron chi connectivity index (χ3n) is 5.48. The number of ether oxygens (including phenoxy) is 2. The molecule has 2 N–H and O–H groups in total. The van der Waals surface area contributed by atoms with Crippen molar-refractivity contribution < 1.29 is 14.3 Å². The lowest BCUT2D eigenvalue weighted by molar-refractivity contribution is 0.191. The van der Waals surface area contributed by atoms with E-state index in [0.29, 0.717) is 60.1 Å². The van der Waals surface area contributed by atoms with E-state index in [1.807, 2.05) is 30.9 Å². The number of aromatic amines is 1. The number of piperazine rings is 1. The van der Waals surface area contributed by atoms with E-state index < -0.39 is 0 Å². The lowest BCUT2D eigenvalue weighted by atomic mass is 10.2. The largest absolute Gasteiger partial charge is 0.497 e. The van der Waals surface area contributed by atoms with Gasteiger partial charge in [0.05, 0.1) is 19.7 Å². The van der Waals surface area contributed by atoms with Crippen molar-refractivity contribution in [1.82, 2.24) is 25.2 Å². The number of halogens is 1. The van der Waals surface area contributed by atoms with Gasteiger partial charge in [0.25, 0.3) is 5.56 Å². The number of rotatable bonds is 5. The summed E-state index contributed by atoms with van der Waals surface area (Å²) in [7, 11) is 3.05. The number of hydrogen-bond acceptors (Lipinski definition) is 7. The molecular formula is C23H29ClN6O4. The van der Waals surface area contributed by atoms with E-state index in [4.69, 9.17) is 14.5 Å². The number of amides is 2. The first-order chi connectivity index (χ1) is 15.9. The van der Waals surface area contributed by atoms with Crippen molar-refractivity contribution in [2.24, 2.45) is 0 Å². The monoisotopic (exact) mass is 488 g/mol. The first-order valence-electron chi connectivity index (χ1n) is 10.8. The van der Waals surface area contributed by atoms with Gasteiger partial charge in [-0.25, -0.2) is 14.8 Å². The maximum atomic E-state index is 12.8. The molecule has 0 saturated carbocycles. The van der Waals surface area contributed by atoms with Gasteiger partial charge in [0, 0.05) is 44.4 Å². The number of carbonyl (C=O) groups is 1. The number of carbonyl (C=O) groups excluding carboxylic acids is 1. The van der Waals surface area contributed by atoms with Gasteiger partial charge in [-0.15, -0.1) is 12.4 Å². The van der Waals surface area contributed by atoms with E-state index in [0.717, 1.165) is 5.82 Å². The molecule has 3 heterocycles. The molecule has 0 spiro atoms. The number of nitrogens with one attached hydrogen (secondary N) is 2. The standard InChI is InChI=1S/C23H28N6O4.ClH/c1-14(2)24-23(31)29-10-8-28(9-11-29)19-7-5-6-16(25-19)21-26-17-12-15(32-3)13-18(33-4)20(17)22(30)27-21;/h5-7,12-14H,8-11H2,1-4H3,(H,24,31)(H,26,27,30);1H. The van der Waals surface area contributed by atoms with Crippen molar-refractivity contribution in [3.8, 4) is 23.0 Å². The van der Waals surface area contributed by atoms with Crippen LogP contribution < -0.4 is 25.2 Å². The number of fused-ring (bicyclic) bond motifs is 1. The van der Waals surface area contributed by atoms with Gasteiger partial charge in [-0.05, 0) is 26.0 Å². The van der Waals surface area contributed by atoms with Crippen LogP contribution in [0.15, 0.2) is 35.1 Å². The summed E-state index contributed by atoms with van der Waals surface area (Å²) in [6, 6.07) is 9.00. The number of hydrogen-bond donors (Lipinski definition) is 2. The maximum Gasteiger partial charge on any atom is 0.317 e. The molecule has 11 heteroatoms. The number of anilines is 1. The summed E-state index contributed by atoms with van der Waals surface area (Å²) in [5, 5.41) is 3.28. The lowest BCUT2D eigenvalue weighted by Gasteiger charge is -2.35. The van der Waals surface area contributed by atoms with Crippen LogP contribution >= 0.6 is 12.4 Å². The lowest BCUT2D eigenvalue weighted by Crippen LogP contribution is -2.53. The van der Waals surface area contributed by atoms with Gasteiger partial charge in [-0.3, -0.25) is 4.79 Å². The first-order valence-corrected chi connectivity index (χ1v) is 10.8. The summed E-state index contributed by atoms with van der Waals surface area (Å²) < 4.78 is 10.7. The molecule has 0 radical (unpaired) electrons. The molecule has 3 aromatic rings. The summed E-state index contributed by atoms with van der Waals surface area (Å²) in [4.78, 5) is 41.2. The smallest absolute Gasteiger partial charge is 0.317 e. The average Bonchev–Trinajstić information content (AvgIpc) is 2.82. The highest BCUT2D eigenvalue weighted by Crippen LogP contribution is 2.29. The number of benzene rings is 1. The minimum Gasteiger partial charge on any atom is -0.497 e. The van der Waals surface area contributed by atoms with Crippen LogP contribution in [0.2, 0.25) is 0 Å². The van der Waals surface area contributed by atoms with Gasteiger partial charge in [0.1, 0.15) is 28.4 Å². The molecule has 10 nitrogen and oxygen atoms in total. The van der Waals surface area contributed by atoms with Gasteiger partial charge in [-0.1, -0.05) is 6.07 Å². The first kappa shape index (κ1) is 25.1. The van der Waals surface area contributed by atoms with Gasteiger partial charge >= 0.3 is 6.03 Å². The van der Waals surface area contributed by atoms with Gasteiger partial charge in [0.15, 0.2) is 5.82 Å². The van der Waals surface area contributed by atoms with E-state index in [9.17, 15) is 9.59 Å². The minimum atomic E-state index is -0.313. The molecule has 1 aliphatic rings. The Morgan fingerprint density at radius 2 is 1.82 bits per heavy atom. The number of H-pyrrole nitrogens is 1. The Balaban J connectivity index is 0.00000324. The Morgan fingerprint density at radius 1 is 1.09 bits per heavy atom. The van der Waals surface area contributed by atoms with Crippen LogP contribution in [0.25, 0.3) is 22.4 Å². The highest BCUT2D eigenvalue weighted by molar-refractivity contribution is 5.87. The summed E-state index contributed by atoms with van der Waals surface area (Å²) >= 11 is 0. The van der Waals surface area contributed by atoms with Crippen molar-refractivity contribution in [3.05, 3.63) is 40.7 Å². The Labute approximate surface area is 203 Å². The fraction of sp³-hybridized carbons (Fsp3) is 0.391. The van der Waals surface area contributed by atoms with Gasteiger partial charge in [-0.2, -0.15) is 0 Å². The summed E-state index contributed by atoms with van der Waals surface area (Å²) in [6.07, 6.45) is 0. The number of urea groups is 1. The molecule has 0 aliphatic carbocycles. The number of methoxy groups -OCH3 is 2. The van der Waals surface area contributed by atoms with E-state index in [2.05, 4.69) is 20.2 Å². The zero-order valence-corrected chi connectivity index (χ0v) is 20.4. The molecule has 0 unspecified atom stereocenters. The molecule has 0 atom stereocenters. The molecule has 1 fully saturated rings. The topological polar surface area (TPSA) is 113 Å². The van der Waals surface area contributed by atoms with Crippen LogP contribution in [0.4, 0.5) is 10.6 Å². The van der Waals surface area contributed by atoms with Crippen molar-refractivity contribution in [2.45, 2.75) is 19.9 Å². The minimum absolute atomic E-state index is 0. The van der Waals surface area contributed by atoms with Crippen molar-refractivity contribution in [3.63, 3.8) is 0 Å². The van der Waals surface area contributed by atoms with E-state index >= 15 is 0 Å². The second-order valence-electron chi connectivity index (χ2n) is 8.10. The molecule has 0 bridgehead atoms. The van der Waals surface area contributed by atoms with Crippen LogP contribution in [-0.2, 0) is 0 Å². The zero-order chi connectivity index (χ0) is 23.5.